The minimum Gasteiger partial charge on any atom is -0.390 e. The van der Waals surface area contributed by atoms with Gasteiger partial charge in [0.2, 0.25) is 0 Å². The van der Waals surface area contributed by atoms with E-state index in [-0.39, 0.29) is 12.1 Å². The zero-order valence-electron chi connectivity index (χ0n) is 8.18. The van der Waals surface area contributed by atoms with Crippen LogP contribution < -0.4 is 10.9 Å². The van der Waals surface area contributed by atoms with Crippen LogP contribution in [0.15, 0.2) is 23.1 Å². The first kappa shape index (κ1) is 10.9. The zero-order valence-corrected chi connectivity index (χ0v) is 8.18. The number of hydrogen-bond donors (Lipinski definition) is 2. The van der Waals surface area contributed by atoms with Gasteiger partial charge < -0.3 is 10.4 Å². The van der Waals surface area contributed by atoms with Crippen molar-refractivity contribution in [2.75, 3.05) is 13.1 Å². The van der Waals surface area contributed by atoms with Gasteiger partial charge in [0, 0.05) is 18.8 Å². The highest BCUT2D eigenvalue weighted by molar-refractivity contribution is 4.85. The van der Waals surface area contributed by atoms with Gasteiger partial charge >= 0.3 is 0 Å². The molecule has 1 unspecified atom stereocenters. The highest BCUT2D eigenvalue weighted by Gasteiger charge is 2.05. The first-order valence-electron chi connectivity index (χ1n) is 4.65. The number of rotatable bonds is 5. The molecule has 0 aliphatic heterocycles. The van der Waals surface area contributed by atoms with Gasteiger partial charge in [-0.1, -0.05) is 6.92 Å². The summed E-state index contributed by atoms with van der Waals surface area (Å²) in [5.74, 6) is 0. The second-order valence-corrected chi connectivity index (χ2v) is 3.01. The molecule has 0 amide bonds. The van der Waals surface area contributed by atoms with Gasteiger partial charge in [-0.15, -0.1) is 0 Å². The molecule has 2 N–H and O–H groups in total. The van der Waals surface area contributed by atoms with Crippen LogP contribution in [0.4, 0.5) is 0 Å². The van der Waals surface area contributed by atoms with Crippen molar-refractivity contribution in [2.45, 2.75) is 19.6 Å². The van der Waals surface area contributed by atoms with Gasteiger partial charge in [0.1, 0.15) is 0 Å². The third-order valence-corrected chi connectivity index (χ3v) is 1.80. The van der Waals surface area contributed by atoms with E-state index in [2.05, 4.69) is 10.4 Å². The molecular formula is C9H15N3O2. The SMILES string of the molecule is CCNCC(O)Cn1ncccc1=O. The highest BCUT2D eigenvalue weighted by Crippen LogP contribution is 1.85. The van der Waals surface area contributed by atoms with E-state index in [4.69, 9.17) is 0 Å². The lowest BCUT2D eigenvalue weighted by Gasteiger charge is -2.11. The molecule has 5 nitrogen and oxygen atoms in total. The van der Waals surface area contributed by atoms with Crippen molar-refractivity contribution in [1.29, 1.82) is 0 Å². The van der Waals surface area contributed by atoms with Crippen LogP contribution in [0.1, 0.15) is 6.92 Å². The molecule has 1 aromatic rings. The Kier molecular flexibility index (Phi) is 4.28. The van der Waals surface area contributed by atoms with E-state index in [0.29, 0.717) is 6.54 Å². The maximum absolute atomic E-state index is 11.2. The molecule has 1 heterocycles. The van der Waals surface area contributed by atoms with E-state index in [9.17, 15) is 9.90 Å². The van der Waals surface area contributed by atoms with E-state index in [1.165, 1.54) is 16.9 Å². The number of aromatic nitrogens is 2. The molecule has 1 rings (SSSR count). The summed E-state index contributed by atoms with van der Waals surface area (Å²) >= 11 is 0. The van der Waals surface area contributed by atoms with Crippen LogP contribution in [0.5, 0.6) is 0 Å². The lowest BCUT2D eigenvalue weighted by Crippen LogP contribution is -2.34. The Morgan fingerprint density at radius 2 is 2.50 bits per heavy atom. The smallest absolute Gasteiger partial charge is 0.266 e. The van der Waals surface area contributed by atoms with Gasteiger partial charge in [-0.2, -0.15) is 5.10 Å². The van der Waals surface area contributed by atoms with E-state index in [1.807, 2.05) is 6.92 Å². The number of aliphatic hydroxyl groups is 1. The van der Waals surface area contributed by atoms with Crippen molar-refractivity contribution in [3.8, 4) is 0 Å². The Hall–Kier alpha value is -1.20. The van der Waals surface area contributed by atoms with Crippen LogP contribution in [0, 0.1) is 0 Å². The third-order valence-electron chi connectivity index (χ3n) is 1.80. The van der Waals surface area contributed by atoms with Crippen molar-refractivity contribution >= 4 is 0 Å². The van der Waals surface area contributed by atoms with Crippen LogP contribution in [0.25, 0.3) is 0 Å². The molecule has 0 aliphatic rings. The predicted octanol–water partition coefficient (Wildman–Crippen LogP) is -0.786. The highest BCUT2D eigenvalue weighted by atomic mass is 16.3. The summed E-state index contributed by atoms with van der Waals surface area (Å²) < 4.78 is 1.25. The van der Waals surface area contributed by atoms with Crippen molar-refractivity contribution in [2.24, 2.45) is 0 Å². The quantitative estimate of drug-likeness (QED) is 0.649. The molecule has 0 aromatic carbocycles. The normalized spacial score (nSPS) is 12.7. The predicted molar refractivity (Wildman–Crippen MR) is 53.0 cm³/mol. The first-order valence-corrected chi connectivity index (χ1v) is 4.65. The zero-order chi connectivity index (χ0) is 10.4. The largest absolute Gasteiger partial charge is 0.390 e. The minimum atomic E-state index is -0.581. The van der Waals surface area contributed by atoms with Gasteiger partial charge in [-0.3, -0.25) is 4.79 Å². The van der Waals surface area contributed by atoms with E-state index >= 15 is 0 Å². The molecule has 78 valence electrons. The van der Waals surface area contributed by atoms with Crippen molar-refractivity contribution in [3.63, 3.8) is 0 Å². The van der Waals surface area contributed by atoms with Crippen LogP contribution in [-0.4, -0.2) is 34.1 Å². The maximum atomic E-state index is 11.2. The Labute approximate surface area is 82.4 Å². The van der Waals surface area contributed by atoms with E-state index in [1.54, 1.807) is 6.07 Å². The average molecular weight is 197 g/mol. The fourth-order valence-corrected chi connectivity index (χ4v) is 1.10. The van der Waals surface area contributed by atoms with E-state index < -0.39 is 6.10 Å². The standard InChI is InChI=1S/C9H15N3O2/c1-2-10-6-8(13)7-12-9(14)4-3-5-11-12/h3-5,8,10,13H,2,6-7H2,1H3. The molecule has 0 radical (unpaired) electrons. The lowest BCUT2D eigenvalue weighted by atomic mass is 10.3. The summed E-state index contributed by atoms with van der Waals surface area (Å²) in [4.78, 5) is 11.2. The monoisotopic (exact) mass is 197 g/mol. The molecule has 0 fully saturated rings. The van der Waals surface area contributed by atoms with Crippen molar-refractivity contribution in [3.05, 3.63) is 28.7 Å². The van der Waals surface area contributed by atoms with Gasteiger partial charge in [-0.25, -0.2) is 4.68 Å². The molecule has 5 heteroatoms. The first-order chi connectivity index (χ1) is 6.74. The molecule has 14 heavy (non-hydrogen) atoms. The summed E-state index contributed by atoms with van der Waals surface area (Å²) in [5.41, 5.74) is -0.192. The van der Waals surface area contributed by atoms with Crippen LogP contribution in [0.3, 0.4) is 0 Å². The summed E-state index contributed by atoms with van der Waals surface area (Å²) in [7, 11) is 0. The number of hydrogen-bond acceptors (Lipinski definition) is 4. The molecule has 0 bridgehead atoms. The average Bonchev–Trinajstić information content (AvgIpc) is 2.18. The Bertz CT molecular complexity index is 324. The fraction of sp³-hybridized carbons (Fsp3) is 0.556. The van der Waals surface area contributed by atoms with E-state index in [0.717, 1.165) is 6.54 Å². The Morgan fingerprint density at radius 1 is 1.71 bits per heavy atom. The van der Waals surface area contributed by atoms with Gasteiger partial charge in [0.15, 0.2) is 0 Å². The minimum absolute atomic E-state index is 0.192. The number of aliphatic hydroxyl groups excluding tert-OH is 1. The molecule has 1 atom stereocenters. The number of nitrogens with zero attached hydrogens (tertiary/aromatic N) is 2. The molecule has 0 spiro atoms. The van der Waals surface area contributed by atoms with Crippen LogP contribution in [0.2, 0.25) is 0 Å². The summed E-state index contributed by atoms with van der Waals surface area (Å²) in [6, 6.07) is 3.00. The van der Waals surface area contributed by atoms with Gasteiger partial charge in [-0.05, 0) is 12.6 Å². The molecule has 1 aromatic heterocycles. The lowest BCUT2D eigenvalue weighted by molar-refractivity contribution is 0.145. The molecule has 0 saturated carbocycles. The molecular weight excluding hydrogens is 182 g/mol. The topological polar surface area (TPSA) is 67.2 Å². The Morgan fingerprint density at radius 3 is 3.14 bits per heavy atom. The fourth-order valence-electron chi connectivity index (χ4n) is 1.10. The summed E-state index contributed by atoms with van der Waals surface area (Å²) in [5, 5.41) is 16.3. The second kappa shape index (κ2) is 5.51. The van der Waals surface area contributed by atoms with Crippen LogP contribution in [-0.2, 0) is 6.54 Å². The Balaban J connectivity index is 2.52. The summed E-state index contributed by atoms with van der Waals surface area (Å²) in [6.07, 6.45) is 0.948. The van der Waals surface area contributed by atoms with Gasteiger partial charge in [0.25, 0.3) is 5.56 Å². The van der Waals surface area contributed by atoms with Crippen molar-refractivity contribution in [1.82, 2.24) is 15.1 Å². The summed E-state index contributed by atoms with van der Waals surface area (Å²) in [6.45, 7) is 3.46. The molecule has 0 saturated heterocycles. The molecule has 0 aliphatic carbocycles. The van der Waals surface area contributed by atoms with Crippen molar-refractivity contribution < 1.29 is 5.11 Å². The second-order valence-electron chi connectivity index (χ2n) is 3.01. The number of likely N-dealkylation sites (N-methyl/N-ethyl adjacent to an activating group) is 1. The van der Waals surface area contributed by atoms with Crippen LogP contribution >= 0.6 is 0 Å². The number of nitrogens with one attached hydrogen (secondary N) is 1. The third kappa shape index (κ3) is 3.27. The maximum Gasteiger partial charge on any atom is 0.266 e. The van der Waals surface area contributed by atoms with Gasteiger partial charge in [0.05, 0.1) is 12.6 Å².